The van der Waals surface area contributed by atoms with Crippen molar-refractivity contribution < 1.29 is 9.90 Å². The largest absolute Gasteiger partial charge is 0.480 e. The highest BCUT2D eigenvalue weighted by Gasteiger charge is 2.29. The lowest BCUT2D eigenvalue weighted by Crippen LogP contribution is -2.36. The Labute approximate surface area is 93.7 Å². The predicted molar refractivity (Wildman–Crippen MR) is 57.0 cm³/mol. The molecule has 0 spiro atoms. The van der Waals surface area contributed by atoms with Gasteiger partial charge in [0.05, 0.1) is 0 Å². The quantitative estimate of drug-likeness (QED) is 0.755. The van der Waals surface area contributed by atoms with Crippen LogP contribution in [-0.2, 0) is 17.8 Å². The van der Waals surface area contributed by atoms with Gasteiger partial charge in [-0.05, 0) is 19.8 Å². The molecule has 1 saturated heterocycles. The average Bonchev–Trinajstić information content (AvgIpc) is 2.87. The summed E-state index contributed by atoms with van der Waals surface area (Å²) in [7, 11) is 0. The molecule has 2 N–H and O–H groups in total. The summed E-state index contributed by atoms with van der Waals surface area (Å²) in [5.41, 5.74) is 0. The summed E-state index contributed by atoms with van der Waals surface area (Å²) in [4.78, 5) is 15.0. The molecule has 2 atom stereocenters. The number of carboxylic acids is 1. The minimum atomic E-state index is -0.764. The summed E-state index contributed by atoms with van der Waals surface area (Å²) in [6.07, 6.45) is 3.87. The third-order valence-electron chi connectivity index (χ3n) is 2.96. The van der Waals surface area contributed by atoms with Crippen molar-refractivity contribution in [2.75, 3.05) is 0 Å². The van der Waals surface area contributed by atoms with Crippen molar-refractivity contribution in [3.8, 4) is 0 Å². The molecule has 1 fully saturated rings. The van der Waals surface area contributed by atoms with E-state index in [2.05, 4.69) is 15.4 Å². The van der Waals surface area contributed by atoms with Gasteiger partial charge >= 0.3 is 5.97 Å². The van der Waals surface area contributed by atoms with Gasteiger partial charge in [0, 0.05) is 19.0 Å². The monoisotopic (exact) mass is 224 g/mol. The second-order valence-electron chi connectivity index (χ2n) is 4.03. The highest BCUT2D eigenvalue weighted by Crippen LogP contribution is 2.15. The zero-order valence-electron chi connectivity index (χ0n) is 9.26. The molecule has 0 amide bonds. The zero-order chi connectivity index (χ0) is 11.5. The van der Waals surface area contributed by atoms with E-state index in [1.807, 2.05) is 11.6 Å². The summed E-state index contributed by atoms with van der Waals surface area (Å²) in [5.74, 6) is 0.158. The van der Waals surface area contributed by atoms with Crippen LogP contribution in [0.5, 0.6) is 0 Å². The topological polar surface area (TPSA) is 80.0 Å². The van der Waals surface area contributed by atoms with Crippen molar-refractivity contribution in [2.45, 2.75) is 44.8 Å². The number of nitrogens with zero attached hydrogens (tertiary/aromatic N) is 3. The molecular weight excluding hydrogens is 208 g/mol. The fraction of sp³-hybridized carbons (Fsp3) is 0.700. The second kappa shape index (κ2) is 4.61. The Morgan fingerprint density at radius 1 is 1.69 bits per heavy atom. The Kier molecular flexibility index (Phi) is 3.19. The average molecular weight is 224 g/mol. The van der Waals surface area contributed by atoms with Crippen LogP contribution in [0, 0.1) is 0 Å². The lowest BCUT2D eigenvalue weighted by atomic mass is 10.1. The number of nitrogens with one attached hydrogen (secondary N) is 1. The Bertz CT molecular complexity index is 377. The molecule has 0 aromatic carbocycles. The normalized spacial score (nSPS) is 24.8. The number of aryl methyl sites for hydroxylation is 1. The summed E-state index contributed by atoms with van der Waals surface area (Å²) >= 11 is 0. The Morgan fingerprint density at radius 3 is 3.12 bits per heavy atom. The van der Waals surface area contributed by atoms with Gasteiger partial charge in [0.25, 0.3) is 0 Å². The number of carbonyl (C=O) groups is 1. The van der Waals surface area contributed by atoms with E-state index in [9.17, 15) is 4.79 Å². The van der Waals surface area contributed by atoms with E-state index in [0.29, 0.717) is 6.42 Å². The first-order valence-electron chi connectivity index (χ1n) is 5.56. The molecule has 1 aromatic heterocycles. The second-order valence-corrected chi connectivity index (χ2v) is 4.03. The van der Waals surface area contributed by atoms with E-state index >= 15 is 0 Å². The van der Waals surface area contributed by atoms with Crippen LogP contribution in [0.3, 0.4) is 0 Å². The van der Waals surface area contributed by atoms with E-state index in [-0.39, 0.29) is 6.04 Å². The number of aliphatic carboxylic acids is 1. The van der Waals surface area contributed by atoms with Gasteiger partial charge in [-0.2, -0.15) is 5.10 Å². The fourth-order valence-corrected chi connectivity index (χ4v) is 2.11. The Balaban J connectivity index is 1.94. The highest BCUT2D eigenvalue weighted by molar-refractivity contribution is 5.73. The standard InChI is InChI=1S/C10H16N4O2/c1-2-14-9(11-6-12-14)5-7-3-4-8(13-7)10(15)16/h6-8,13H,2-5H2,1H3,(H,15,16). The predicted octanol–water partition coefficient (Wildman–Crippen LogP) is 0.0457. The SMILES string of the molecule is CCn1ncnc1CC1CCC(C(=O)O)N1. The molecule has 0 radical (unpaired) electrons. The molecule has 1 aromatic rings. The van der Waals surface area contributed by atoms with Crippen LogP contribution in [0.1, 0.15) is 25.6 Å². The number of hydrogen-bond acceptors (Lipinski definition) is 4. The summed E-state index contributed by atoms with van der Waals surface area (Å²) in [5, 5.41) is 16.1. The van der Waals surface area contributed by atoms with E-state index < -0.39 is 12.0 Å². The van der Waals surface area contributed by atoms with Gasteiger partial charge in [-0.3, -0.25) is 9.48 Å². The van der Waals surface area contributed by atoms with E-state index in [1.54, 1.807) is 6.33 Å². The van der Waals surface area contributed by atoms with Gasteiger partial charge in [0.2, 0.25) is 0 Å². The van der Waals surface area contributed by atoms with Crippen LogP contribution < -0.4 is 5.32 Å². The van der Waals surface area contributed by atoms with Gasteiger partial charge in [-0.1, -0.05) is 0 Å². The molecular formula is C10H16N4O2. The van der Waals surface area contributed by atoms with E-state index in [4.69, 9.17) is 5.11 Å². The van der Waals surface area contributed by atoms with Crippen molar-refractivity contribution in [2.24, 2.45) is 0 Å². The van der Waals surface area contributed by atoms with Gasteiger partial charge in [-0.15, -0.1) is 0 Å². The molecule has 0 bridgehead atoms. The molecule has 6 heteroatoms. The molecule has 2 rings (SSSR count). The van der Waals surface area contributed by atoms with Crippen molar-refractivity contribution in [3.63, 3.8) is 0 Å². The molecule has 1 aliphatic rings. The minimum Gasteiger partial charge on any atom is -0.480 e. The van der Waals surface area contributed by atoms with E-state index in [0.717, 1.165) is 25.2 Å². The van der Waals surface area contributed by atoms with Gasteiger partial charge in [-0.25, -0.2) is 4.98 Å². The number of carboxylic acid groups (broad SMARTS) is 1. The maximum absolute atomic E-state index is 10.8. The van der Waals surface area contributed by atoms with Crippen molar-refractivity contribution in [1.82, 2.24) is 20.1 Å². The molecule has 2 unspecified atom stereocenters. The smallest absolute Gasteiger partial charge is 0.320 e. The van der Waals surface area contributed by atoms with Gasteiger partial charge in [0.1, 0.15) is 18.2 Å². The van der Waals surface area contributed by atoms with Crippen LogP contribution in [0.25, 0.3) is 0 Å². The Hall–Kier alpha value is -1.43. The zero-order valence-corrected chi connectivity index (χ0v) is 9.26. The van der Waals surface area contributed by atoms with Crippen LogP contribution >= 0.6 is 0 Å². The lowest BCUT2D eigenvalue weighted by molar-refractivity contribution is -0.139. The lowest BCUT2D eigenvalue weighted by Gasteiger charge is -2.11. The maximum Gasteiger partial charge on any atom is 0.320 e. The molecule has 0 saturated carbocycles. The first kappa shape index (κ1) is 11.1. The molecule has 6 nitrogen and oxygen atoms in total. The third-order valence-corrected chi connectivity index (χ3v) is 2.96. The maximum atomic E-state index is 10.8. The van der Waals surface area contributed by atoms with Crippen molar-refractivity contribution >= 4 is 5.97 Å². The molecule has 88 valence electrons. The molecule has 0 aliphatic carbocycles. The first-order valence-corrected chi connectivity index (χ1v) is 5.56. The summed E-state index contributed by atoms with van der Waals surface area (Å²) < 4.78 is 1.84. The molecule has 16 heavy (non-hydrogen) atoms. The number of hydrogen-bond donors (Lipinski definition) is 2. The summed E-state index contributed by atoms with van der Waals surface area (Å²) in [6, 6.07) is -0.196. The van der Waals surface area contributed by atoms with Crippen LogP contribution in [0.2, 0.25) is 0 Å². The first-order chi connectivity index (χ1) is 7.70. The van der Waals surface area contributed by atoms with E-state index in [1.165, 1.54) is 0 Å². The van der Waals surface area contributed by atoms with Gasteiger partial charge < -0.3 is 10.4 Å². The third kappa shape index (κ3) is 2.21. The Morgan fingerprint density at radius 2 is 2.50 bits per heavy atom. The van der Waals surface area contributed by atoms with Crippen molar-refractivity contribution in [1.29, 1.82) is 0 Å². The molecule has 1 aliphatic heterocycles. The summed E-state index contributed by atoms with van der Waals surface area (Å²) in [6.45, 7) is 2.81. The van der Waals surface area contributed by atoms with Crippen LogP contribution in [0.4, 0.5) is 0 Å². The number of rotatable bonds is 4. The minimum absolute atomic E-state index is 0.204. The van der Waals surface area contributed by atoms with Crippen molar-refractivity contribution in [3.05, 3.63) is 12.2 Å². The molecule has 2 heterocycles. The van der Waals surface area contributed by atoms with Crippen LogP contribution in [0.15, 0.2) is 6.33 Å². The fourth-order valence-electron chi connectivity index (χ4n) is 2.11. The number of aromatic nitrogens is 3. The van der Waals surface area contributed by atoms with Crippen LogP contribution in [-0.4, -0.2) is 37.9 Å². The highest BCUT2D eigenvalue weighted by atomic mass is 16.4. The van der Waals surface area contributed by atoms with Gasteiger partial charge in [0.15, 0.2) is 0 Å².